The van der Waals surface area contributed by atoms with E-state index in [1.54, 1.807) is 48.6 Å². The summed E-state index contributed by atoms with van der Waals surface area (Å²) in [5, 5.41) is 9.82. The Morgan fingerprint density at radius 3 is 1.80 bits per heavy atom. The molecular weight excluding hydrogens is 272 g/mol. The second-order valence-electron chi connectivity index (χ2n) is 4.21. The summed E-state index contributed by atoms with van der Waals surface area (Å²) in [7, 11) is 0. The zero-order valence-corrected chi connectivity index (χ0v) is 11.4. The van der Waals surface area contributed by atoms with Gasteiger partial charge in [-0.2, -0.15) is 0 Å². The lowest BCUT2D eigenvalue weighted by atomic mass is 10.1. The van der Waals surface area contributed by atoms with E-state index in [2.05, 4.69) is 0 Å². The third-order valence-corrected chi connectivity index (χ3v) is 2.90. The van der Waals surface area contributed by atoms with Gasteiger partial charge < -0.3 is 5.11 Å². The van der Waals surface area contributed by atoms with Crippen LogP contribution in [0.25, 0.3) is 12.2 Å². The van der Waals surface area contributed by atoms with Crippen LogP contribution < -0.4 is 0 Å². The highest BCUT2D eigenvalue weighted by Gasteiger charge is 1.92. The molecule has 0 heterocycles. The van der Waals surface area contributed by atoms with Crippen molar-refractivity contribution in [1.29, 1.82) is 0 Å². The summed E-state index contributed by atoms with van der Waals surface area (Å²) >= 11 is 5.78. The quantitative estimate of drug-likeness (QED) is 0.848. The molecule has 2 aromatic rings. The van der Waals surface area contributed by atoms with Crippen molar-refractivity contribution in [3.05, 3.63) is 76.8 Å². The van der Waals surface area contributed by atoms with Crippen LogP contribution in [0.15, 0.2) is 60.7 Å². The first-order valence-corrected chi connectivity index (χ1v) is 6.46. The molecule has 0 bridgehead atoms. The smallest absolute Gasteiger partial charge is 0.178 e. The first-order chi connectivity index (χ1) is 9.63. The SMILES string of the molecule is O=C(C=Cc1ccc(O)cc1)C=Cc1ccc(Cl)cc1. The molecule has 3 heteroatoms. The van der Waals surface area contributed by atoms with Crippen LogP contribution in [0.2, 0.25) is 5.02 Å². The van der Waals surface area contributed by atoms with E-state index < -0.39 is 0 Å². The first-order valence-electron chi connectivity index (χ1n) is 6.08. The average molecular weight is 285 g/mol. The molecule has 0 saturated heterocycles. The normalized spacial score (nSPS) is 11.2. The maximum atomic E-state index is 11.7. The molecule has 0 aromatic heterocycles. The number of benzene rings is 2. The van der Waals surface area contributed by atoms with Crippen LogP contribution in [0.5, 0.6) is 5.75 Å². The van der Waals surface area contributed by atoms with E-state index in [0.717, 1.165) is 11.1 Å². The van der Waals surface area contributed by atoms with Crippen LogP contribution in [0, 0.1) is 0 Å². The van der Waals surface area contributed by atoms with Gasteiger partial charge in [-0.3, -0.25) is 4.79 Å². The highest BCUT2D eigenvalue weighted by atomic mass is 35.5. The lowest BCUT2D eigenvalue weighted by Gasteiger charge is -1.94. The van der Waals surface area contributed by atoms with Crippen molar-refractivity contribution in [2.24, 2.45) is 0 Å². The highest BCUT2D eigenvalue weighted by Crippen LogP contribution is 2.12. The third kappa shape index (κ3) is 4.41. The van der Waals surface area contributed by atoms with Gasteiger partial charge in [0.1, 0.15) is 5.75 Å². The van der Waals surface area contributed by atoms with Crippen LogP contribution in [0.4, 0.5) is 0 Å². The molecule has 0 atom stereocenters. The van der Waals surface area contributed by atoms with E-state index in [9.17, 15) is 4.79 Å². The lowest BCUT2D eigenvalue weighted by Crippen LogP contribution is -1.84. The topological polar surface area (TPSA) is 37.3 Å². The fraction of sp³-hybridized carbons (Fsp3) is 0. The monoisotopic (exact) mass is 284 g/mol. The van der Waals surface area contributed by atoms with Gasteiger partial charge in [-0.25, -0.2) is 0 Å². The minimum absolute atomic E-state index is 0.104. The average Bonchev–Trinajstić information content (AvgIpc) is 2.46. The third-order valence-electron chi connectivity index (χ3n) is 2.64. The molecule has 0 radical (unpaired) electrons. The first kappa shape index (κ1) is 14.1. The standard InChI is InChI=1S/C17H13ClO2/c18-15-7-1-13(2-8-15)3-9-16(19)10-4-14-5-11-17(20)12-6-14/h1-12,20H. The van der Waals surface area contributed by atoms with Crippen molar-refractivity contribution >= 4 is 29.5 Å². The van der Waals surface area contributed by atoms with E-state index in [1.807, 2.05) is 12.1 Å². The van der Waals surface area contributed by atoms with Crippen molar-refractivity contribution in [2.45, 2.75) is 0 Å². The van der Waals surface area contributed by atoms with Crippen LogP contribution in [0.1, 0.15) is 11.1 Å². The van der Waals surface area contributed by atoms with E-state index in [4.69, 9.17) is 16.7 Å². The van der Waals surface area contributed by atoms with Crippen molar-refractivity contribution < 1.29 is 9.90 Å². The second-order valence-corrected chi connectivity index (χ2v) is 4.65. The number of aromatic hydroxyl groups is 1. The number of phenolic OH excluding ortho intramolecular Hbond substituents is 1. The van der Waals surface area contributed by atoms with Gasteiger partial charge in [-0.05, 0) is 47.5 Å². The predicted molar refractivity (Wildman–Crippen MR) is 82.6 cm³/mol. The molecule has 0 saturated carbocycles. The summed E-state index contributed by atoms with van der Waals surface area (Å²) in [5.74, 6) is 0.101. The number of halogens is 1. The number of rotatable bonds is 4. The van der Waals surface area contributed by atoms with Gasteiger partial charge >= 0.3 is 0 Å². The summed E-state index contributed by atoms with van der Waals surface area (Å²) in [4.78, 5) is 11.7. The molecule has 1 N–H and O–H groups in total. The Bertz CT molecular complexity index is 580. The number of carbonyl (C=O) groups is 1. The van der Waals surface area contributed by atoms with Gasteiger partial charge in [0.2, 0.25) is 0 Å². The maximum absolute atomic E-state index is 11.7. The predicted octanol–water partition coefficient (Wildman–Crippen LogP) is 4.34. The van der Waals surface area contributed by atoms with Crippen LogP contribution >= 0.6 is 11.6 Å². The molecule has 2 nitrogen and oxygen atoms in total. The molecule has 0 aliphatic carbocycles. The minimum atomic E-state index is -0.104. The molecule has 0 fully saturated rings. The number of carbonyl (C=O) groups excluding carboxylic acids is 1. The maximum Gasteiger partial charge on any atom is 0.178 e. The Labute approximate surface area is 122 Å². The number of hydrogen-bond acceptors (Lipinski definition) is 2. The Balaban J connectivity index is 1.98. The van der Waals surface area contributed by atoms with E-state index >= 15 is 0 Å². The number of hydrogen-bond donors (Lipinski definition) is 1. The summed E-state index contributed by atoms with van der Waals surface area (Å²) in [5.41, 5.74) is 1.77. The largest absolute Gasteiger partial charge is 0.508 e. The Hall–Kier alpha value is -2.32. The molecule has 2 aromatic carbocycles. The highest BCUT2D eigenvalue weighted by molar-refractivity contribution is 6.30. The number of phenols is 1. The Kier molecular flexibility index (Phi) is 4.75. The molecule has 0 amide bonds. The van der Waals surface area contributed by atoms with Gasteiger partial charge in [0.25, 0.3) is 0 Å². The van der Waals surface area contributed by atoms with E-state index in [0.29, 0.717) is 5.02 Å². The zero-order valence-electron chi connectivity index (χ0n) is 10.7. The number of ketones is 1. The van der Waals surface area contributed by atoms with E-state index in [-0.39, 0.29) is 11.5 Å². The molecule has 0 spiro atoms. The number of allylic oxidation sites excluding steroid dienone is 2. The van der Waals surface area contributed by atoms with Crippen molar-refractivity contribution in [2.75, 3.05) is 0 Å². The van der Waals surface area contributed by atoms with Gasteiger partial charge in [0.15, 0.2) is 5.78 Å². The zero-order chi connectivity index (χ0) is 14.4. The molecule has 20 heavy (non-hydrogen) atoms. The van der Waals surface area contributed by atoms with Crippen LogP contribution in [-0.4, -0.2) is 10.9 Å². The van der Waals surface area contributed by atoms with Crippen molar-refractivity contribution in [1.82, 2.24) is 0 Å². The summed E-state index contributed by atoms with van der Waals surface area (Å²) < 4.78 is 0. The second kappa shape index (κ2) is 6.73. The summed E-state index contributed by atoms with van der Waals surface area (Å²) in [6.45, 7) is 0. The van der Waals surface area contributed by atoms with E-state index in [1.165, 1.54) is 12.2 Å². The molecule has 0 aliphatic rings. The Morgan fingerprint density at radius 2 is 1.30 bits per heavy atom. The van der Waals surface area contributed by atoms with Gasteiger partial charge in [-0.15, -0.1) is 0 Å². The van der Waals surface area contributed by atoms with Crippen molar-refractivity contribution in [3.63, 3.8) is 0 Å². The molecule has 0 aliphatic heterocycles. The van der Waals surface area contributed by atoms with Crippen LogP contribution in [0.3, 0.4) is 0 Å². The summed E-state index contributed by atoms with van der Waals surface area (Å²) in [6.07, 6.45) is 6.42. The fourth-order valence-corrected chi connectivity index (χ4v) is 1.70. The lowest BCUT2D eigenvalue weighted by molar-refractivity contribution is -0.110. The Morgan fingerprint density at radius 1 is 0.850 bits per heavy atom. The van der Waals surface area contributed by atoms with Crippen molar-refractivity contribution in [3.8, 4) is 5.75 Å². The molecular formula is C17H13ClO2. The minimum Gasteiger partial charge on any atom is -0.508 e. The molecule has 0 unspecified atom stereocenters. The van der Waals surface area contributed by atoms with Gasteiger partial charge in [0, 0.05) is 5.02 Å². The molecule has 2 rings (SSSR count). The van der Waals surface area contributed by atoms with Crippen LogP contribution in [-0.2, 0) is 4.79 Å². The van der Waals surface area contributed by atoms with Gasteiger partial charge in [-0.1, -0.05) is 48.0 Å². The fourth-order valence-electron chi connectivity index (χ4n) is 1.57. The summed E-state index contributed by atoms with van der Waals surface area (Å²) in [6, 6.07) is 13.9. The molecule has 100 valence electrons. The van der Waals surface area contributed by atoms with Gasteiger partial charge in [0.05, 0.1) is 0 Å².